The average Bonchev–Trinajstić information content (AvgIpc) is 2.52. The van der Waals surface area contributed by atoms with Crippen LogP contribution in [0.15, 0.2) is 87.5 Å². The number of nitrogens with one attached hydrogen (secondary N) is 2. The number of hydrogen-bond donors (Lipinski definition) is 2. The van der Waals surface area contributed by atoms with Gasteiger partial charge in [-0.3, -0.25) is 24.5 Å². The number of carbonyl (C=O) groups excluding carboxylic acids is 4. The fourth-order valence-electron chi connectivity index (χ4n) is 12.3. The molecule has 29 heteroatoms. The monoisotopic (exact) mass is 1260 g/mol. The third-order valence-electron chi connectivity index (χ3n) is 15.9. The molecule has 83 heavy (non-hydrogen) atoms. The van der Waals surface area contributed by atoms with Crippen molar-refractivity contribution in [3.05, 3.63) is 90.2 Å². The van der Waals surface area contributed by atoms with Crippen molar-refractivity contribution >= 4 is 63.7 Å². The van der Waals surface area contributed by atoms with Gasteiger partial charge in [-0.25, -0.2) is 56.0 Å². The van der Waals surface area contributed by atoms with E-state index in [0.717, 1.165) is 94.2 Å². The summed E-state index contributed by atoms with van der Waals surface area (Å²) in [5, 5.41) is 6.07. The molecule has 16 unspecified atom stereocenters. The zero-order chi connectivity index (χ0) is 60.9. The molecule has 8 aliphatic rings. The Balaban J connectivity index is 0.000000154. The van der Waals surface area contributed by atoms with Gasteiger partial charge in [0, 0.05) is 40.6 Å². The lowest BCUT2D eigenvalue weighted by Crippen LogP contribution is -2.52. The van der Waals surface area contributed by atoms with Crippen LogP contribution >= 0.6 is 10.7 Å². The van der Waals surface area contributed by atoms with Gasteiger partial charge in [-0.15, -0.1) is 0 Å². The van der Waals surface area contributed by atoms with Crippen molar-refractivity contribution in [2.75, 3.05) is 26.4 Å². The average molecular weight is 1260 g/mol. The zero-order valence-corrected chi connectivity index (χ0v) is 48.7. The van der Waals surface area contributed by atoms with E-state index in [9.17, 15) is 75.2 Å². The number of piperidine rings is 4. The van der Waals surface area contributed by atoms with Crippen molar-refractivity contribution in [2.45, 2.75) is 167 Å². The fourth-order valence-corrected chi connectivity index (χ4v) is 16.8. The number of alkyl halides is 4. The molecule has 4 aliphatic carbocycles. The molecule has 4 aliphatic heterocycles. The number of hydrogen-bond acceptors (Lipinski definition) is 16. The molecule has 4 saturated heterocycles. The molecule has 4 heterocycles. The second-order valence-electron chi connectivity index (χ2n) is 21.0. The minimum Gasteiger partial charge on any atom is -0.465 e. The first-order valence-corrected chi connectivity index (χ1v) is 32.4. The molecule has 3 aromatic rings. The summed E-state index contributed by atoms with van der Waals surface area (Å²) in [6, 6.07) is 8.76. The quantitative estimate of drug-likeness (QED) is 0.0776. The highest BCUT2D eigenvalue weighted by Crippen LogP contribution is 2.49. The SMILES string of the molecule is CCOC(=O)C1C2CC(CC2F)N1S(=O)(=O)c1ccc(F)cc1.CCOC(=O)C1C2CC(F)C(C2)N1S(=O)(=O)c1ccc(F)cc1.CCOC(=O)C1NC2CC(F)C1C2.CCOC(=O)C1NC2CC1CC2F.O=S(=O)(Cl)c1ccc(F)cc1. The van der Waals surface area contributed by atoms with Crippen molar-refractivity contribution < 1.29 is 94.1 Å². The third-order valence-corrected chi connectivity index (χ3v) is 21.1. The van der Waals surface area contributed by atoms with Crippen molar-refractivity contribution in [3.63, 3.8) is 0 Å². The molecule has 11 rings (SSSR count). The second-order valence-corrected chi connectivity index (χ2v) is 27.2. The molecule has 0 spiro atoms. The summed E-state index contributed by atoms with van der Waals surface area (Å²) in [5.74, 6) is -4.59. The lowest BCUT2D eigenvalue weighted by atomic mass is 9.98. The topological polar surface area (TPSA) is 238 Å². The lowest BCUT2D eigenvalue weighted by molar-refractivity contribution is -0.150. The Morgan fingerprint density at radius 1 is 0.482 bits per heavy atom. The van der Waals surface area contributed by atoms with E-state index in [1.807, 2.05) is 0 Å². The van der Waals surface area contributed by atoms with Gasteiger partial charge in [0.1, 0.15) is 66.3 Å². The number of ether oxygens (including phenoxy) is 4. The van der Waals surface area contributed by atoms with Crippen LogP contribution in [0.25, 0.3) is 0 Å². The number of halogens is 8. The van der Waals surface area contributed by atoms with Gasteiger partial charge < -0.3 is 24.3 Å². The first kappa shape index (κ1) is 65.6. The second kappa shape index (κ2) is 27.6. The summed E-state index contributed by atoms with van der Waals surface area (Å²) in [4.78, 5) is 46.6. The molecule has 3 aromatic carbocycles. The molecule has 0 aromatic heterocycles. The van der Waals surface area contributed by atoms with Crippen LogP contribution in [-0.4, -0.2) is 157 Å². The summed E-state index contributed by atoms with van der Waals surface area (Å²) < 4.78 is 187. The predicted octanol–water partition coefficient (Wildman–Crippen LogP) is 6.79. The number of esters is 4. The number of fused-ring (bicyclic) bond motifs is 8. The fraction of sp³-hybridized carbons (Fsp3) is 0.593. The Morgan fingerprint density at radius 3 is 1.37 bits per heavy atom. The van der Waals surface area contributed by atoms with Gasteiger partial charge in [0.05, 0.1) is 47.2 Å². The van der Waals surface area contributed by atoms with Gasteiger partial charge in [0.2, 0.25) is 20.0 Å². The van der Waals surface area contributed by atoms with Gasteiger partial charge in [-0.2, -0.15) is 8.61 Å². The summed E-state index contributed by atoms with van der Waals surface area (Å²) >= 11 is 0. The largest absolute Gasteiger partial charge is 0.465 e. The van der Waals surface area contributed by atoms with Crippen molar-refractivity contribution in [2.24, 2.45) is 23.7 Å². The van der Waals surface area contributed by atoms with Crippen LogP contribution in [0.4, 0.5) is 30.7 Å². The number of rotatable bonds is 13. The number of nitrogens with zero attached hydrogens (tertiary/aromatic N) is 2. The van der Waals surface area contributed by atoms with Crippen LogP contribution in [0.2, 0.25) is 0 Å². The Hall–Kier alpha value is -4.97. The van der Waals surface area contributed by atoms with Crippen LogP contribution in [0, 0.1) is 41.1 Å². The van der Waals surface area contributed by atoms with Gasteiger partial charge in [0.15, 0.2) is 0 Å². The Bertz CT molecular complexity index is 3110. The van der Waals surface area contributed by atoms with Crippen molar-refractivity contribution in [1.29, 1.82) is 0 Å². The number of carbonyl (C=O) groups is 4. The molecular formula is C54H66ClF7N4O14S3. The highest BCUT2D eigenvalue weighted by atomic mass is 35.7. The minimum atomic E-state index is -4.11. The maximum absolute atomic E-state index is 14.1. The van der Waals surface area contributed by atoms with E-state index in [1.165, 1.54) is 0 Å². The maximum atomic E-state index is 14.1. The molecule has 460 valence electrons. The summed E-state index contributed by atoms with van der Waals surface area (Å²) in [7, 11) is -6.88. The first-order valence-electron chi connectivity index (χ1n) is 27.2. The molecule has 0 amide bonds. The van der Waals surface area contributed by atoms with Crippen LogP contribution in [0.5, 0.6) is 0 Å². The van der Waals surface area contributed by atoms with Crippen LogP contribution in [-0.2, 0) is 67.2 Å². The maximum Gasteiger partial charge on any atom is 0.324 e. The van der Waals surface area contributed by atoms with Gasteiger partial charge in [-0.05, 0) is 164 Å². The highest BCUT2D eigenvalue weighted by Gasteiger charge is 2.61. The Labute approximate surface area is 481 Å². The van der Waals surface area contributed by atoms with E-state index < -0.39 is 119 Å². The molecule has 8 fully saturated rings. The van der Waals surface area contributed by atoms with Gasteiger partial charge in [0.25, 0.3) is 9.05 Å². The van der Waals surface area contributed by atoms with E-state index in [2.05, 4.69) is 10.6 Å². The molecule has 16 atom stereocenters. The van der Waals surface area contributed by atoms with Crippen molar-refractivity contribution in [1.82, 2.24) is 19.2 Å². The van der Waals surface area contributed by atoms with Crippen molar-refractivity contribution in [3.8, 4) is 0 Å². The molecule has 8 bridgehead atoms. The molecular weight excluding hydrogens is 1190 g/mol. The van der Waals surface area contributed by atoms with E-state index in [0.29, 0.717) is 38.9 Å². The third kappa shape index (κ3) is 14.8. The molecule has 18 nitrogen and oxygen atoms in total. The van der Waals surface area contributed by atoms with E-state index in [4.69, 9.17) is 29.6 Å². The predicted molar refractivity (Wildman–Crippen MR) is 284 cm³/mol. The number of sulfonamides is 2. The zero-order valence-electron chi connectivity index (χ0n) is 45.5. The van der Waals surface area contributed by atoms with E-state index in [1.54, 1.807) is 27.7 Å². The highest BCUT2D eigenvalue weighted by molar-refractivity contribution is 8.13. The van der Waals surface area contributed by atoms with E-state index in [-0.39, 0.29) is 88.6 Å². The van der Waals surface area contributed by atoms with Gasteiger partial charge in [-0.1, -0.05) is 0 Å². The van der Waals surface area contributed by atoms with E-state index >= 15 is 0 Å². The molecule has 4 saturated carbocycles. The molecule has 0 radical (unpaired) electrons. The summed E-state index contributed by atoms with van der Waals surface area (Å²) in [6.45, 7) is 7.75. The normalized spacial score (nSPS) is 31.7. The van der Waals surface area contributed by atoms with Crippen LogP contribution < -0.4 is 10.6 Å². The Morgan fingerprint density at radius 2 is 0.928 bits per heavy atom. The smallest absolute Gasteiger partial charge is 0.324 e. The standard InChI is InChI=1S/2C15H17F2NO4S.2C9H14FNO2.C6H4ClFO2S/c1-2-22-15(19)14-9-7-12(17)13(8-9)18(14)23(20,21)11-5-3-10(16)4-6-11;1-2-22-15(19)14-12-7-10(8-13(12)17)18(14)23(20,21)11-5-3-9(16)4-6-11;1-2-13-9(12)8-6-3-5(11-8)4-7(6)10;1-2-13-9(12)8-5-3-6(10)7(4-5)11-8;7-11(9,10)6-3-1-5(8)2-4-6/h3-6,9,12-14H,2,7-8H2,1H3;3-6,10,12-14H,2,7-8H2,1H3;2*5-8,11H,2-4H2,1H3;1-4H. The summed E-state index contributed by atoms with van der Waals surface area (Å²) in [6.07, 6.45) is -0.649. The van der Waals surface area contributed by atoms with Gasteiger partial charge >= 0.3 is 23.9 Å². The number of benzene rings is 3. The summed E-state index contributed by atoms with van der Waals surface area (Å²) in [5.41, 5.74) is 0. The van der Waals surface area contributed by atoms with Crippen LogP contribution in [0.1, 0.15) is 79.1 Å². The molecule has 2 N–H and O–H groups in total. The first-order chi connectivity index (χ1) is 39.2. The lowest BCUT2D eigenvalue weighted by Gasteiger charge is -2.34. The van der Waals surface area contributed by atoms with Crippen LogP contribution in [0.3, 0.4) is 0 Å². The minimum absolute atomic E-state index is 0.0704. The Kier molecular flexibility index (Phi) is 21.8.